The predicted molar refractivity (Wildman–Crippen MR) is 62.0 cm³/mol. The number of hydrogen-bond donors (Lipinski definition) is 0. The molecule has 2 saturated carbocycles. The van der Waals surface area contributed by atoms with Crippen molar-refractivity contribution in [1.29, 1.82) is 0 Å². The lowest BCUT2D eigenvalue weighted by Gasteiger charge is -2.47. The first-order valence-corrected chi connectivity index (χ1v) is 6.39. The van der Waals surface area contributed by atoms with Gasteiger partial charge in [-0.15, -0.1) is 0 Å². The van der Waals surface area contributed by atoms with Crippen LogP contribution in [0.25, 0.3) is 0 Å². The van der Waals surface area contributed by atoms with Crippen LogP contribution < -0.4 is 0 Å². The Morgan fingerprint density at radius 2 is 1.71 bits per heavy atom. The van der Waals surface area contributed by atoms with E-state index in [2.05, 4.69) is 41.5 Å². The van der Waals surface area contributed by atoms with Crippen LogP contribution in [0.4, 0.5) is 0 Å². The molecule has 0 heteroatoms. The molecule has 82 valence electrons. The van der Waals surface area contributed by atoms with Crippen molar-refractivity contribution in [2.45, 2.75) is 48.0 Å². The van der Waals surface area contributed by atoms with Gasteiger partial charge in [0.25, 0.3) is 0 Å². The van der Waals surface area contributed by atoms with Crippen LogP contribution in [0, 0.1) is 40.9 Å². The van der Waals surface area contributed by atoms with Gasteiger partial charge < -0.3 is 0 Å². The second-order valence-corrected chi connectivity index (χ2v) is 6.65. The van der Waals surface area contributed by atoms with Gasteiger partial charge in [-0.2, -0.15) is 0 Å². The van der Waals surface area contributed by atoms with Crippen LogP contribution in [0.15, 0.2) is 0 Å². The minimum absolute atomic E-state index is 0.688. The zero-order valence-electron chi connectivity index (χ0n) is 10.7. The van der Waals surface area contributed by atoms with E-state index in [1.54, 1.807) is 0 Å². The maximum Gasteiger partial charge on any atom is -0.0261 e. The van der Waals surface area contributed by atoms with Gasteiger partial charge in [-0.25, -0.2) is 0 Å². The topological polar surface area (TPSA) is 0 Å². The Labute approximate surface area is 89.5 Å². The van der Waals surface area contributed by atoms with E-state index in [4.69, 9.17) is 0 Å². The molecule has 0 radical (unpaired) electrons. The first kappa shape index (κ1) is 10.5. The molecule has 14 heavy (non-hydrogen) atoms. The quantitative estimate of drug-likeness (QED) is 0.631. The fourth-order valence-corrected chi connectivity index (χ4v) is 4.10. The van der Waals surface area contributed by atoms with Crippen molar-refractivity contribution < 1.29 is 0 Å². The summed E-state index contributed by atoms with van der Waals surface area (Å²) in [4.78, 5) is 0. The SMILES string of the molecule is CC(C)C(C)C(C)C1(C)CC2C(C)C21. The zero-order valence-corrected chi connectivity index (χ0v) is 10.7. The van der Waals surface area contributed by atoms with Gasteiger partial charge in [0.2, 0.25) is 0 Å². The van der Waals surface area contributed by atoms with E-state index >= 15 is 0 Å². The van der Waals surface area contributed by atoms with Crippen LogP contribution in [0.1, 0.15) is 48.0 Å². The van der Waals surface area contributed by atoms with Crippen molar-refractivity contribution in [3.05, 3.63) is 0 Å². The highest BCUT2D eigenvalue weighted by Crippen LogP contribution is 2.74. The predicted octanol–water partition coefficient (Wildman–Crippen LogP) is 4.21. The molecular formula is C14H26. The number of rotatable bonds is 3. The summed E-state index contributed by atoms with van der Waals surface area (Å²) in [5, 5.41) is 0. The largest absolute Gasteiger partial charge is 0.0625 e. The third-order valence-corrected chi connectivity index (χ3v) is 5.88. The fraction of sp³-hybridized carbons (Fsp3) is 1.00. The second-order valence-electron chi connectivity index (χ2n) is 6.65. The summed E-state index contributed by atoms with van der Waals surface area (Å²) in [5.41, 5.74) is 0.688. The lowest BCUT2D eigenvalue weighted by Crippen LogP contribution is -2.40. The monoisotopic (exact) mass is 194 g/mol. The Hall–Kier alpha value is 0. The van der Waals surface area contributed by atoms with Crippen molar-refractivity contribution in [2.75, 3.05) is 0 Å². The number of hydrogen-bond acceptors (Lipinski definition) is 0. The van der Waals surface area contributed by atoms with Crippen molar-refractivity contribution in [2.24, 2.45) is 40.9 Å². The van der Waals surface area contributed by atoms with Crippen LogP contribution in [0.3, 0.4) is 0 Å². The molecular weight excluding hydrogens is 168 g/mol. The second kappa shape index (κ2) is 3.00. The fourth-order valence-electron chi connectivity index (χ4n) is 4.10. The van der Waals surface area contributed by atoms with Gasteiger partial charge in [-0.3, -0.25) is 0 Å². The van der Waals surface area contributed by atoms with E-state index in [0.717, 1.165) is 35.5 Å². The molecule has 0 bridgehead atoms. The minimum Gasteiger partial charge on any atom is -0.0625 e. The summed E-state index contributed by atoms with van der Waals surface area (Å²) in [5.74, 6) is 5.87. The molecule has 2 aliphatic carbocycles. The van der Waals surface area contributed by atoms with Gasteiger partial charge in [-0.1, -0.05) is 41.5 Å². The standard InChI is InChI=1S/C14H26/c1-8(2)9(3)11(5)14(6)7-12-10(4)13(12)14/h8-13H,7H2,1-6H3. The molecule has 0 N–H and O–H groups in total. The smallest absolute Gasteiger partial charge is 0.0261 e. The summed E-state index contributed by atoms with van der Waals surface area (Å²) in [6.45, 7) is 14.7. The highest BCUT2D eigenvalue weighted by atomic mass is 14.7. The Morgan fingerprint density at radius 3 is 2.00 bits per heavy atom. The van der Waals surface area contributed by atoms with Crippen LogP contribution in [0.5, 0.6) is 0 Å². The third-order valence-electron chi connectivity index (χ3n) is 5.88. The van der Waals surface area contributed by atoms with Crippen molar-refractivity contribution in [3.63, 3.8) is 0 Å². The summed E-state index contributed by atoms with van der Waals surface area (Å²) >= 11 is 0. The minimum atomic E-state index is 0.688. The first-order valence-electron chi connectivity index (χ1n) is 6.39. The highest BCUT2D eigenvalue weighted by molar-refractivity contribution is 5.16. The van der Waals surface area contributed by atoms with E-state index in [-0.39, 0.29) is 0 Å². The molecule has 0 spiro atoms. The molecule has 0 heterocycles. The molecule has 0 aliphatic heterocycles. The number of fused-ring (bicyclic) bond motifs is 1. The van der Waals surface area contributed by atoms with Gasteiger partial charge >= 0.3 is 0 Å². The molecule has 0 aromatic carbocycles. The Kier molecular flexibility index (Phi) is 2.25. The van der Waals surface area contributed by atoms with Crippen LogP contribution in [0.2, 0.25) is 0 Å². The van der Waals surface area contributed by atoms with E-state index in [9.17, 15) is 0 Å². The molecule has 2 aliphatic rings. The van der Waals surface area contributed by atoms with Crippen molar-refractivity contribution in [3.8, 4) is 0 Å². The molecule has 0 aromatic heterocycles. The summed E-state index contributed by atoms with van der Waals surface area (Å²) in [6, 6.07) is 0. The lowest BCUT2D eigenvalue weighted by molar-refractivity contribution is 0.0185. The summed E-state index contributed by atoms with van der Waals surface area (Å²) in [7, 11) is 0. The molecule has 0 saturated heterocycles. The maximum atomic E-state index is 2.54. The molecule has 2 fully saturated rings. The van der Waals surface area contributed by atoms with E-state index in [1.165, 1.54) is 6.42 Å². The van der Waals surface area contributed by atoms with Gasteiger partial charge in [0.05, 0.1) is 0 Å². The normalized spacial score (nSPS) is 49.5. The van der Waals surface area contributed by atoms with Crippen molar-refractivity contribution in [1.82, 2.24) is 0 Å². The molecule has 2 rings (SSSR count). The van der Waals surface area contributed by atoms with Crippen LogP contribution in [-0.4, -0.2) is 0 Å². The van der Waals surface area contributed by atoms with Gasteiger partial charge in [-0.05, 0) is 47.3 Å². The van der Waals surface area contributed by atoms with E-state index < -0.39 is 0 Å². The Morgan fingerprint density at radius 1 is 1.14 bits per heavy atom. The molecule has 6 unspecified atom stereocenters. The summed E-state index contributed by atoms with van der Waals surface area (Å²) in [6.07, 6.45) is 1.51. The van der Waals surface area contributed by atoms with Crippen molar-refractivity contribution >= 4 is 0 Å². The zero-order chi connectivity index (χ0) is 10.7. The molecule has 0 nitrogen and oxygen atoms in total. The maximum absolute atomic E-state index is 2.54. The summed E-state index contributed by atoms with van der Waals surface area (Å²) < 4.78 is 0. The van der Waals surface area contributed by atoms with E-state index in [1.807, 2.05) is 0 Å². The Balaban J connectivity index is 2.02. The first-order chi connectivity index (χ1) is 6.39. The molecule has 6 atom stereocenters. The lowest BCUT2D eigenvalue weighted by atomic mass is 9.58. The van der Waals surface area contributed by atoms with Gasteiger partial charge in [0, 0.05) is 0 Å². The highest BCUT2D eigenvalue weighted by Gasteiger charge is 2.68. The van der Waals surface area contributed by atoms with Crippen LogP contribution >= 0.6 is 0 Å². The van der Waals surface area contributed by atoms with Crippen LogP contribution in [-0.2, 0) is 0 Å². The van der Waals surface area contributed by atoms with Gasteiger partial charge in [0.15, 0.2) is 0 Å². The average molecular weight is 194 g/mol. The molecule has 0 amide bonds. The molecule has 0 aromatic rings. The average Bonchev–Trinajstić information content (AvgIpc) is 2.65. The van der Waals surface area contributed by atoms with Gasteiger partial charge in [0.1, 0.15) is 0 Å². The van der Waals surface area contributed by atoms with E-state index in [0.29, 0.717) is 5.41 Å². The Bertz CT molecular complexity index is 226. The third kappa shape index (κ3) is 1.19.